The molecule has 19 heavy (non-hydrogen) atoms. The van der Waals surface area contributed by atoms with Gasteiger partial charge in [-0.25, -0.2) is 0 Å². The Morgan fingerprint density at radius 1 is 1.21 bits per heavy atom. The number of fused-ring (bicyclic) bond motifs is 1. The molecule has 2 heterocycles. The Morgan fingerprint density at radius 3 is 2.84 bits per heavy atom. The molecule has 1 aromatic rings. The number of likely N-dealkylation sites (tertiary alicyclic amines) is 1. The van der Waals surface area contributed by atoms with E-state index in [1.807, 2.05) is 18.2 Å². The molecular weight excluding hydrogens is 244 g/mol. The highest BCUT2D eigenvalue weighted by Gasteiger charge is 2.17. The van der Waals surface area contributed by atoms with Crippen LogP contribution < -0.4 is 19.7 Å². The second-order valence-electron chi connectivity index (χ2n) is 5.07. The molecule has 2 aliphatic rings. The fraction of sp³-hybridized carbons (Fsp3) is 0.500. The summed E-state index contributed by atoms with van der Waals surface area (Å²) in [4.78, 5) is 13.4. The molecule has 0 saturated carbocycles. The van der Waals surface area contributed by atoms with Gasteiger partial charge < -0.3 is 19.7 Å². The van der Waals surface area contributed by atoms with Crippen LogP contribution in [0.5, 0.6) is 11.5 Å². The first-order valence-corrected chi connectivity index (χ1v) is 6.84. The van der Waals surface area contributed by atoms with Crippen LogP contribution in [0.1, 0.15) is 19.3 Å². The number of ether oxygens (including phenoxy) is 2. The van der Waals surface area contributed by atoms with E-state index in [2.05, 4.69) is 5.32 Å². The summed E-state index contributed by atoms with van der Waals surface area (Å²) in [6.07, 6.45) is 3.15. The minimum atomic E-state index is 0.0678. The lowest BCUT2D eigenvalue weighted by atomic mass is 10.2. The van der Waals surface area contributed by atoms with E-state index in [1.54, 1.807) is 4.90 Å². The van der Waals surface area contributed by atoms with Crippen molar-refractivity contribution in [3.8, 4) is 11.5 Å². The van der Waals surface area contributed by atoms with Gasteiger partial charge in [0.05, 0.1) is 26.1 Å². The van der Waals surface area contributed by atoms with E-state index < -0.39 is 0 Å². The molecule has 0 bridgehead atoms. The summed E-state index contributed by atoms with van der Waals surface area (Å²) in [5.74, 6) is 1.50. The largest absolute Gasteiger partial charge is 0.454 e. The minimum Gasteiger partial charge on any atom is -0.454 e. The summed E-state index contributed by atoms with van der Waals surface area (Å²) in [5, 5.41) is 2.91. The Morgan fingerprint density at radius 2 is 2.00 bits per heavy atom. The molecular formula is C14H19N2O3+. The number of benzene rings is 1. The van der Waals surface area contributed by atoms with Crippen LogP contribution in [0.2, 0.25) is 0 Å². The number of carbonyl (C=O) groups is 1. The number of carbonyl (C=O) groups excluding carboxylic acids is 1. The average molecular weight is 263 g/mol. The summed E-state index contributed by atoms with van der Waals surface area (Å²) in [5.41, 5.74) is 0.769. The number of amides is 1. The van der Waals surface area contributed by atoms with E-state index in [0.29, 0.717) is 12.2 Å². The van der Waals surface area contributed by atoms with Crippen molar-refractivity contribution in [2.24, 2.45) is 0 Å². The number of hydrogen-bond acceptors (Lipinski definition) is 3. The fourth-order valence-corrected chi connectivity index (χ4v) is 2.61. The standard InChI is InChI=1S/C14H18N2O3/c17-14(5-8-16-6-1-2-7-16)15-11-3-4-12-13(9-11)19-10-18-12/h3-4,9H,1-2,5-8,10H2,(H,15,17)/p+1. The maximum atomic E-state index is 11.9. The summed E-state index contributed by atoms with van der Waals surface area (Å²) in [6.45, 7) is 3.59. The van der Waals surface area contributed by atoms with Gasteiger partial charge in [0.15, 0.2) is 11.5 Å². The number of anilines is 1. The number of hydrogen-bond donors (Lipinski definition) is 2. The highest BCUT2D eigenvalue weighted by atomic mass is 16.7. The van der Waals surface area contributed by atoms with Gasteiger partial charge in [0.2, 0.25) is 12.7 Å². The van der Waals surface area contributed by atoms with Crippen LogP contribution in [0.3, 0.4) is 0 Å². The van der Waals surface area contributed by atoms with Crippen LogP contribution in [0.25, 0.3) is 0 Å². The zero-order valence-electron chi connectivity index (χ0n) is 10.9. The topological polar surface area (TPSA) is 52.0 Å². The molecule has 102 valence electrons. The lowest BCUT2D eigenvalue weighted by molar-refractivity contribution is -0.886. The van der Waals surface area contributed by atoms with Crippen molar-refractivity contribution in [1.82, 2.24) is 0 Å². The predicted octanol–water partition coefficient (Wildman–Crippen LogP) is 0.423. The van der Waals surface area contributed by atoms with E-state index in [4.69, 9.17) is 9.47 Å². The van der Waals surface area contributed by atoms with Gasteiger partial charge in [0.1, 0.15) is 0 Å². The molecule has 0 atom stereocenters. The first-order chi connectivity index (χ1) is 9.31. The van der Waals surface area contributed by atoms with Crippen molar-refractivity contribution in [2.45, 2.75) is 19.3 Å². The molecule has 1 amide bonds. The molecule has 0 unspecified atom stereocenters. The van der Waals surface area contributed by atoms with Gasteiger partial charge in [-0.05, 0) is 12.1 Å². The van der Waals surface area contributed by atoms with Crippen molar-refractivity contribution in [1.29, 1.82) is 0 Å². The number of quaternary nitrogens is 1. The van der Waals surface area contributed by atoms with Gasteiger partial charge in [0, 0.05) is 24.6 Å². The smallest absolute Gasteiger partial charge is 0.231 e. The molecule has 2 aliphatic heterocycles. The highest BCUT2D eigenvalue weighted by Crippen LogP contribution is 2.34. The van der Waals surface area contributed by atoms with Gasteiger partial charge in [-0.15, -0.1) is 0 Å². The Kier molecular flexibility index (Phi) is 3.55. The minimum absolute atomic E-state index is 0.0678. The summed E-state index contributed by atoms with van der Waals surface area (Å²) >= 11 is 0. The van der Waals surface area contributed by atoms with Crippen LogP contribution in [0.15, 0.2) is 18.2 Å². The maximum absolute atomic E-state index is 11.9. The van der Waals surface area contributed by atoms with Crippen molar-refractivity contribution < 1.29 is 19.2 Å². The molecule has 1 saturated heterocycles. The van der Waals surface area contributed by atoms with Gasteiger partial charge in [-0.2, -0.15) is 0 Å². The number of rotatable bonds is 4. The summed E-state index contributed by atoms with van der Waals surface area (Å²) in [7, 11) is 0. The third-order valence-corrected chi connectivity index (χ3v) is 3.67. The second kappa shape index (κ2) is 5.48. The normalized spacial score (nSPS) is 17.7. The molecule has 0 spiro atoms. The first-order valence-electron chi connectivity index (χ1n) is 6.84. The summed E-state index contributed by atoms with van der Waals surface area (Å²) in [6, 6.07) is 5.47. The van der Waals surface area contributed by atoms with Crippen molar-refractivity contribution in [3.63, 3.8) is 0 Å². The average Bonchev–Trinajstić information content (AvgIpc) is 3.07. The molecule has 1 fully saturated rings. The fourth-order valence-electron chi connectivity index (χ4n) is 2.61. The molecule has 3 rings (SSSR count). The van der Waals surface area contributed by atoms with E-state index in [0.717, 1.165) is 18.0 Å². The Balaban J connectivity index is 1.51. The van der Waals surface area contributed by atoms with Crippen LogP contribution in [0.4, 0.5) is 5.69 Å². The van der Waals surface area contributed by atoms with Gasteiger partial charge in [0.25, 0.3) is 0 Å². The van der Waals surface area contributed by atoms with E-state index in [-0.39, 0.29) is 12.7 Å². The second-order valence-corrected chi connectivity index (χ2v) is 5.07. The highest BCUT2D eigenvalue weighted by molar-refractivity contribution is 5.91. The lowest BCUT2D eigenvalue weighted by Crippen LogP contribution is -3.10. The SMILES string of the molecule is O=C(CC[NH+]1CCCC1)Nc1ccc2c(c1)OCO2. The third-order valence-electron chi connectivity index (χ3n) is 3.67. The number of nitrogens with one attached hydrogen (secondary N) is 2. The van der Waals surface area contributed by atoms with Gasteiger partial charge in [-0.1, -0.05) is 0 Å². The molecule has 5 nitrogen and oxygen atoms in total. The van der Waals surface area contributed by atoms with Gasteiger partial charge in [-0.3, -0.25) is 4.79 Å². The molecule has 5 heteroatoms. The van der Waals surface area contributed by atoms with E-state index in [9.17, 15) is 4.79 Å². The Labute approximate surface area is 112 Å². The lowest BCUT2D eigenvalue weighted by Gasteiger charge is -2.11. The quantitative estimate of drug-likeness (QED) is 0.828. The molecule has 0 aliphatic carbocycles. The monoisotopic (exact) mass is 263 g/mol. The summed E-state index contributed by atoms with van der Waals surface area (Å²) < 4.78 is 10.5. The molecule has 2 N–H and O–H groups in total. The predicted molar refractivity (Wildman–Crippen MR) is 70.6 cm³/mol. The maximum Gasteiger partial charge on any atom is 0.231 e. The zero-order valence-corrected chi connectivity index (χ0v) is 10.9. The molecule has 0 aromatic heterocycles. The van der Waals surface area contributed by atoms with Crippen LogP contribution in [-0.4, -0.2) is 32.3 Å². The van der Waals surface area contributed by atoms with Crippen LogP contribution >= 0.6 is 0 Å². The molecule has 0 radical (unpaired) electrons. The van der Waals surface area contributed by atoms with Crippen molar-refractivity contribution in [3.05, 3.63) is 18.2 Å². The first kappa shape index (κ1) is 12.3. The van der Waals surface area contributed by atoms with Crippen molar-refractivity contribution in [2.75, 3.05) is 31.7 Å². The Bertz CT molecular complexity index is 470. The molecule has 1 aromatic carbocycles. The van der Waals surface area contributed by atoms with E-state index in [1.165, 1.54) is 25.9 Å². The van der Waals surface area contributed by atoms with Crippen molar-refractivity contribution >= 4 is 11.6 Å². The van der Waals surface area contributed by atoms with Crippen LogP contribution in [-0.2, 0) is 4.79 Å². The van der Waals surface area contributed by atoms with Crippen LogP contribution in [0, 0.1) is 0 Å². The van der Waals surface area contributed by atoms with Gasteiger partial charge >= 0.3 is 0 Å². The van der Waals surface area contributed by atoms with E-state index >= 15 is 0 Å². The Hall–Kier alpha value is -1.75. The third kappa shape index (κ3) is 2.98. The zero-order chi connectivity index (χ0) is 13.1.